The van der Waals surface area contributed by atoms with Crippen LogP contribution >= 0.6 is 12.2 Å². The molecular weight excluding hydrogens is 218 g/mol. The van der Waals surface area contributed by atoms with Crippen molar-refractivity contribution in [3.05, 3.63) is 28.8 Å². The molecule has 0 aliphatic rings. The Balaban J connectivity index is 2.81. The lowest BCUT2D eigenvalue weighted by atomic mass is 10.1. The highest BCUT2D eigenvalue weighted by Gasteiger charge is 2.10. The van der Waals surface area contributed by atoms with E-state index in [1.165, 1.54) is 11.1 Å². The fourth-order valence-corrected chi connectivity index (χ4v) is 1.51. The van der Waals surface area contributed by atoms with Crippen molar-refractivity contribution in [1.29, 1.82) is 0 Å². The van der Waals surface area contributed by atoms with E-state index in [9.17, 15) is 0 Å². The molecule has 1 aromatic rings. The van der Waals surface area contributed by atoms with Gasteiger partial charge in [-0.05, 0) is 37.5 Å². The molecule has 2 N–H and O–H groups in total. The zero-order chi connectivity index (χ0) is 12.3. The Kier molecular flexibility index (Phi) is 4.30. The van der Waals surface area contributed by atoms with Crippen molar-refractivity contribution in [1.82, 2.24) is 0 Å². The third-order valence-electron chi connectivity index (χ3n) is 2.84. The van der Waals surface area contributed by atoms with Crippen molar-refractivity contribution in [2.75, 3.05) is 6.61 Å². The molecular formula is C13H19NOS. The van der Waals surface area contributed by atoms with Gasteiger partial charge >= 0.3 is 0 Å². The van der Waals surface area contributed by atoms with Gasteiger partial charge in [0.2, 0.25) is 0 Å². The van der Waals surface area contributed by atoms with Crippen LogP contribution in [0.15, 0.2) is 12.1 Å². The lowest BCUT2D eigenvalue weighted by molar-refractivity contribution is 0.289. The summed E-state index contributed by atoms with van der Waals surface area (Å²) in [5.41, 5.74) is 9.14. The number of hydrogen-bond acceptors (Lipinski definition) is 2. The highest BCUT2D eigenvalue weighted by Crippen LogP contribution is 2.26. The molecule has 1 atom stereocenters. The molecule has 0 radical (unpaired) electrons. The summed E-state index contributed by atoms with van der Waals surface area (Å²) in [6.45, 7) is 8.72. The minimum atomic E-state index is 0.106. The molecule has 0 bridgehead atoms. The summed E-state index contributed by atoms with van der Waals surface area (Å²) in [7, 11) is 0. The van der Waals surface area contributed by atoms with E-state index in [1.54, 1.807) is 0 Å². The number of nitrogens with two attached hydrogens (primary N) is 1. The van der Waals surface area contributed by atoms with Gasteiger partial charge in [0.15, 0.2) is 0 Å². The van der Waals surface area contributed by atoms with Gasteiger partial charge in [0.1, 0.15) is 5.75 Å². The number of aryl methyl sites for hydroxylation is 2. The maximum Gasteiger partial charge on any atom is 0.125 e. The summed E-state index contributed by atoms with van der Waals surface area (Å²) in [5, 5.41) is 0. The van der Waals surface area contributed by atoms with Gasteiger partial charge in [-0.3, -0.25) is 0 Å². The Hall–Kier alpha value is -1.09. The number of benzene rings is 1. The smallest absolute Gasteiger partial charge is 0.125 e. The van der Waals surface area contributed by atoms with Crippen molar-refractivity contribution in [2.45, 2.75) is 27.7 Å². The molecule has 0 aliphatic heterocycles. The second-order valence-corrected chi connectivity index (χ2v) is 4.74. The van der Waals surface area contributed by atoms with E-state index in [0.29, 0.717) is 11.6 Å². The Morgan fingerprint density at radius 3 is 2.44 bits per heavy atom. The maximum atomic E-state index is 5.80. The largest absolute Gasteiger partial charge is 0.492 e. The summed E-state index contributed by atoms with van der Waals surface area (Å²) in [6.07, 6.45) is 0. The van der Waals surface area contributed by atoms with E-state index >= 15 is 0 Å². The number of rotatable bonds is 4. The van der Waals surface area contributed by atoms with Crippen LogP contribution in [-0.2, 0) is 0 Å². The van der Waals surface area contributed by atoms with Crippen LogP contribution in [0.4, 0.5) is 0 Å². The van der Waals surface area contributed by atoms with Crippen LogP contribution in [0.3, 0.4) is 0 Å². The number of thiocarbonyl (C=S) groups is 1. The van der Waals surface area contributed by atoms with Crippen LogP contribution in [0.5, 0.6) is 5.75 Å². The zero-order valence-corrected chi connectivity index (χ0v) is 11.1. The molecule has 0 spiro atoms. The summed E-state index contributed by atoms with van der Waals surface area (Å²) in [6, 6.07) is 4.18. The summed E-state index contributed by atoms with van der Waals surface area (Å²) < 4.78 is 5.80. The van der Waals surface area contributed by atoms with Crippen molar-refractivity contribution < 1.29 is 4.74 Å². The predicted octanol–water partition coefficient (Wildman–Crippen LogP) is 2.91. The van der Waals surface area contributed by atoms with Gasteiger partial charge in [0.05, 0.1) is 11.6 Å². The Morgan fingerprint density at radius 2 is 1.88 bits per heavy atom. The summed E-state index contributed by atoms with van der Waals surface area (Å²) in [5.74, 6) is 1.07. The fourth-order valence-electron chi connectivity index (χ4n) is 1.44. The predicted molar refractivity (Wildman–Crippen MR) is 72.1 cm³/mol. The Labute approximate surface area is 103 Å². The Bertz CT molecular complexity index is 401. The van der Waals surface area contributed by atoms with Gasteiger partial charge in [-0.2, -0.15) is 0 Å². The van der Waals surface area contributed by atoms with Gasteiger partial charge in [-0.15, -0.1) is 0 Å². The summed E-state index contributed by atoms with van der Waals surface area (Å²) in [4.78, 5) is 0.503. The van der Waals surface area contributed by atoms with Crippen molar-refractivity contribution in [3.63, 3.8) is 0 Å². The quantitative estimate of drug-likeness (QED) is 0.818. The molecule has 0 heterocycles. The third kappa shape index (κ3) is 2.95. The van der Waals surface area contributed by atoms with Crippen LogP contribution in [0, 0.1) is 26.7 Å². The van der Waals surface area contributed by atoms with Gasteiger partial charge in [0.25, 0.3) is 0 Å². The van der Waals surface area contributed by atoms with E-state index in [1.807, 2.05) is 13.8 Å². The average molecular weight is 237 g/mol. The molecule has 2 nitrogen and oxygen atoms in total. The molecule has 1 unspecified atom stereocenters. The molecule has 0 aliphatic carbocycles. The zero-order valence-electron chi connectivity index (χ0n) is 10.3. The van der Waals surface area contributed by atoms with E-state index < -0.39 is 0 Å². The molecule has 88 valence electrons. The first-order valence-electron chi connectivity index (χ1n) is 5.42. The minimum absolute atomic E-state index is 0.106. The van der Waals surface area contributed by atoms with Crippen molar-refractivity contribution in [2.24, 2.45) is 11.7 Å². The fraction of sp³-hybridized carbons (Fsp3) is 0.462. The van der Waals surface area contributed by atoms with E-state index in [-0.39, 0.29) is 5.92 Å². The van der Waals surface area contributed by atoms with E-state index in [4.69, 9.17) is 22.7 Å². The van der Waals surface area contributed by atoms with Crippen molar-refractivity contribution in [3.8, 4) is 5.75 Å². The first-order valence-corrected chi connectivity index (χ1v) is 5.83. The van der Waals surface area contributed by atoms with E-state index in [2.05, 4.69) is 26.0 Å². The lowest BCUT2D eigenvalue weighted by Crippen LogP contribution is -2.24. The molecule has 1 rings (SSSR count). The first kappa shape index (κ1) is 13.0. The van der Waals surface area contributed by atoms with Crippen LogP contribution in [0.1, 0.15) is 23.6 Å². The van der Waals surface area contributed by atoms with Gasteiger partial charge in [-0.1, -0.05) is 31.3 Å². The minimum Gasteiger partial charge on any atom is -0.492 e. The monoisotopic (exact) mass is 237 g/mol. The second-order valence-electron chi connectivity index (χ2n) is 4.27. The molecule has 0 saturated carbocycles. The second kappa shape index (κ2) is 5.30. The Morgan fingerprint density at radius 1 is 1.31 bits per heavy atom. The third-order valence-corrected chi connectivity index (χ3v) is 3.24. The van der Waals surface area contributed by atoms with Gasteiger partial charge in [0, 0.05) is 5.92 Å². The van der Waals surface area contributed by atoms with Gasteiger partial charge < -0.3 is 10.5 Å². The highest BCUT2D eigenvalue weighted by atomic mass is 32.1. The van der Waals surface area contributed by atoms with Crippen LogP contribution < -0.4 is 10.5 Å². The molecule has 16 heavy (non-hydrogen) atoms. The molecule has 0 aromatic heterocycles. The molecule has 0 saturated heterocycles. The van der Waals surface area contributed by atoms with Crippen molar-refractivity contribution >= 4 is 17.2 Å². The average Bonchev–Trinajstić information content (AvgIpc) is 2.23. The SMILES string of the molecule is Cc1ccc(C)c(OCC(C)C(N)=S)c1C. The van der Waals surface area contributed by atoms with Crippen LogP contribution in [0.2, 0.25) is 0 Å². The maximum absolute atomic E-state index is 5.80. The van der Waals surface area contributed by atoms with E-state index in [0.717, 1.165) is 11.3 Å². The number of ether oxygens (including phenoxy) is 1. The summed E-state index contributed by atoms with van der Waals surface area (Å²) >= 11 is 4.92. The molecule has 0 fully saturated rings. The standard InChI is InChI=1S/C13H19NOS/c1-8-5-6-9(2)12(11(8)4)15-7-10(3)13(14)16/h5-6,10H,7H2,1-4H3,(H2,14,16). The molecule has 3 heteroatoms. The first-order chi connectivity index (χ1) is 7.43. The molecule has 1 aromatic carbocycles. The normalized spacial score (nSPS) is 12.2. The molecule has 0 amide bonds. The van der Waals surface area contributed by atoms with Gasteiger partial charge in [-0.25, -0.2) is 0 Å². The van der Waals surface area contributed by atoms with Crippen LogP contribution in [-0.4, -0.2) is 11.6 Å². The highest BCUT2D eigenvalue weighted by molar-refractivity contribution is 7.80. The van der Waals surface area contributed by atoms with Crippen LogP contribution in [0.25, 0.3) is 0 Å². The topological polar surface area (TPSA) is 35.2 Å². The number of hydrogen-bond donors (Lipinski definition) is 1. The lowest BCUT2D eigenvalue weighted by Gasteiger charge is -2.16.